The number of thioether (sulfide) groups is 1. The van der Waals surface area contributed by atoms with Crippen LogP contribution in [0.15, 0.2) is 0 Å². The Balaban J connectivity index is 1.92. The molecule has 0 aromatic carbocycles. The molecule has 1 aliphatic rings. The molecular weight excluding hydrogens is 220 g/mol. The number of carbonyl (C=O) groups is 1. The molecule has 3 heteroatoms. The molecule has 0 radical (unpaired) electrons. The van der Waals surface area contributed by atoms with Gasteiger partial charge in [0, 0.05) is 11.7 Å². The average molecular weight is 244 g/mol. The van der Waals surface area contributed by atoms with Crippen LogP contribution in [0.25, 0.3) is 0 Å². The second kappa shape index (κ2) is 7.99. The number of rotatable bonds is 7. The number of hydrogen-bond acceptors (Lipinski definition) is 2. The van der Waals surface area contributed by atoms with Gasteiger partial charge in [0.2, 0.25) is 0 Å². The zero-order chi connectivity index (χ0) is 11.8. The molecule has 1 N–H and O–H groups in total. The van der Waals surface area contributed by atoms with Crippen LogP contribution in [0.2, 0.25) is 0 Å². The van der Waals surface area contributed by atoms with Crippen molar-refractivity contribution in [1.29, 1.82) is 0 Å². The van der Waals surface area contributed by atoms with E-state index in [2.05, 4.69) is 18.7 Å². The maximum atomic E-state index is 10.3. The Kier molecular flexibility index (Phi) is 6.93. The molecule has 0 bridgehead atoms. The molecule has 0 aromatic heterocycles. The quantitative estimate of drug-likeness (QED) is 0.689. The van der Waals surface area contributed by atoms with Gasteiger partial charge in [-0.3, -0.25) is 4.79 Å². The first-order valence-electron chi connectivity index (χ1n) is 6.52. The van der Waals surface area contributed by atoms with Gasteiger partial charge in [0.05, 0.1) is 0 Å². The van der Waals surface area contributed by atoms with Crippen molar-refractivity contribution in [2.24, 2.45) is 5.92 Å². The zero-order valence-electron chi connectivity index (χ0n) is 10.3. The normalized spacial score (nSPS) is 25.6. The van der Waals surface area contributed by atoms with Crippen molar-refractivity contribution in [3.8, 4) is 0 Å². The average Bonchev–Trinajstić information content (AvgIpc) is 2.23. The summed E-state index contributed by atoms with van der Waals surface area (Å²) >= 11 is 2.11. The highest BCUT2D eigenvalue weighted by atomic mass is 32.2. The van der Waals surface area contributed by atoms with E-state index in [1.807, 2.05) is 0 Å². The second-order valence-corrected chi connectivity index (χ2v) is 6.38. The maximum absolute atomic E-state index is 10.3. The summed E-state index contributed by atoms with van der Waals surface area (Å²) in [5.41, 5.74) is 0. The molecule has 0 amide bonds. The van der Waals surface area contributed by atoms with E-state index in [-0.39, 0.29) is 0 Å². The molecule has 2 nitrogen and oxygen atoms in total. The van der Waals surface area contributed by atoms with E-state index in [4.69, 9.17) is 5.11 Å². The van der Waals surface area contributed by atoms with Crippen molar-refractivity contribution in [1.82, 2.24) is 0 Å². The molecule has 0 saturated heterocycles. The van der Waals surface area contributed by atoms with Crippen LogP contribution in [-0.2, 0) is 4.79 Å². The van der Waals surface area contributed by atoms with Gasteiger partial charge in [0.1, 0.15) is 0 Å². The van der Waals surface area contributed by atoms with Gasteiger partial charge in [0.15, 0.2) is 0 Å². The highest BCUT2D eigenvalue weighted by molar-refractivity contribution is 7.99. The lowest BCUT2D eigenvalue weighted by atomic mass is 9.91. The number of aliphatic carboxylic acids is 1. The highest BCUT2D eigenvalue weighted by Gasteiger charge is 2.18. The van der Waals surface area contributed by atoms with Crippen LogP contribution < -0.4 is 0 Å². The zero-order valence-corrected chi connectivity index (χ0v) is 11.1. The highest BCUT2D eigenvalue weighted by Crippen LogP contribution is 2.32. The summed E-state index contributed by atoms with van der Waals surface area (Å²) in [7, 11) is 0. The summed E-state index contributed by atoms with van der Waals surface area (Å²) in [5.74, 6) is 1.48. The number of hydrogen-bond donors (Lipinski definition) is 1. The van der Waals surface area contributed by atoms with Crippen LogP contribution in [0.1, 0.15) is 58.3 Å². The fourth-order valence-corrected chi connectivity index (χ4v) is 3.84. The van der Waals surface area contributed by atoms with Crippen molar-refractivity contribution in [3.05, 3.63) is 0 Å². The maximum Gasteiger partial charge on any atom is 0.303 e. The molecule has 2 unspecified atom stereocenters. The van der Waals surface area contributed by atoms with Crippen molar-refractivity contribution in [2.75, 3.05) is 5.75 Å². The Morgan fingerprint density at radius 2 is 2.12 bits per heavy atom. The third-order valence-corrected chi connectivity index (χ3v) is 4.70. The van der Waals surface area contributed by atoms with Crippen molar-refractivity contribution < 1.29 is 9.90 Å². The van der Waals surface area contributed by atoms with E-state index < -0.39 is 5.97 Å². The lowest BCUT2D eigenvalue weighted by Gasteiger charge is -2.26. The van der Waals surface area contributed by atoms with Crippen LogP contribution in [0, 0.1) is 5.92 Å². The van der Waals surface area contributed by atoms with Crippen molar-refractivity contribution in [2.45, 2.75) is 63.5 Å². The van der Waals surface area contributed by atoms with E-state index in [0.29, 0.717) is 6.42 Å². The Labute approximate surface area is 103 Å². The summed E-state index contributed by atoms with van der Waals surface area (Å²) in [6, 6.07) is 0. The first-order chi connectivity index (χ1) is 7.68. The molecule has 2 atom stereocenters. The number of carboxylic acids is 1. The fraction of sp³-hybridized carbons (Fsp3) is 0.923. The Morgan fingerprint density at radius 1 is 1.31 bits per heavy atom. The van der Waals surface area contributed by atoms with E-state index in [1.54, 1.807) is 0 Å². The molecule has 16 heavy (non-hydrogen) atoms. The van der Waals surface area contributed by atoms with Gasteiger partial charge in [-0.15, -0.1) is 0 Å². The minimum atomic E-state index is -0.659. The minimum Gasteiger partial charge on any atom is -0.481 e. The molecular formula is C13H24O2S. The minimum absolute atomic E-state index is 0.338. The molecule has 0 aliphatic heterocycles. The van der Waals surface area contributed by atoms with Crippen molar-refractivity contribution >= 4 is 17.7 Å². The van der Waals surface area contributed by atoms with Gasteiger partial charge >= 0.3 is 5.97 Å². The van der Waals surface area contributed by atoms with Crippen LogP contribution in [0.3, 0.4) is 0 Å². The van der Waals surface area contributed by atoms with Crippen LogP contribution in [-0.4, -0.2) is 22.1 Å². The Hall–Kier alpha value is -0.180. The molecule has 1 rings (SSSR count). The smallest absolute Gasteiger partial charge is 0.303 e. The van der Waals surface area contributed by atoms with E-state index in [1.165, 1.54) is 37.9 Å². The lowest BCUT2D eigenvalue weighted by molar-refractivity contribution is -0.137. The van der Waals surface area contributed by atoms with E-state index in [9.17, 15) is 4.79 Å². The lowest BCUT2D eigenvalue weighted by Crippen LogP contribution is -2.15. The predicted molar refractivity (Wildman–Crippen MR) is 70.0 cm³/mol. The SMILES string of the molecule is CC1CCCC(SCCCCCC(=O)O)C1. The van der Waals surface area contributed by atoms with Crippen molar-refractivity contribution in [3.63, 3.8) is 0 Å². The summed E-state index contributed by atoms with van der Waals surface area (Å²) in [5, 5.41) is 9.38. The molecule has 0 spiro atoms. The number of carboxylic acid groups (broad SMARTS) is 1. The Morgan fingerprint density at radius 3 is 2.81 bits per heavy atom. The molecule has 1 fully saturated rings. The molecule has 0 aromatic rings. The first-order valence-corrected chi connectivity index (χ1v) is 7.56. The summed E-state index contributed by atoms with van der Waals surface area (Å²) in [6.45, 7) is 2.36. The largest absolute Gasteiger partial charge is 0.481 e. The van der Waals surface area contributed by atoms with Gasteiger partial charge in [-0.25, -0.2) is 0 Å². The molecule has 94 valence electrons. The van der Waals surface area contributed by atoms with Gasteiger partial charge < -0.3 is 5.11 Å². The summed E-state index contributed by atoms with van der Waals surface area (Å²) < 4.78 is 0. The molecule has 1 saturated carbocycles. The summed E-state index contributed by atoms with van der Waals surface area (Å²) in [6.07, 6.45) is 9.03. The van der Waals surface area contributed by atoms with Crippen LogP contribution in [0.4, 0.5) is 0 Å². The first kappa shape index (κ1) is 13.9. The second-order valence-electron chi connectivity index (χ2n) is 4.97. The molecule has 0 heterocycles. The van der Waals surface area contributed by atoms with Crippen LogP contribution >= 0.6 is 11.8 Å². The van der Waals surface area contributed by atoms with Gasteiger partial charge in [-0.2, -0.15) is 11.8 Å². The predicted octanol–water partition coefficient (Wildman–Crippen LogP) is 3.94. The number of unbranched alkanes of at least 4 members (excludes halogenated alkanes) is 2. The summed E-state index contributed by atoms with van der Waals surface area (Å²) in [4.78, 5) is 10.3. The van der Waals surface area contributed by atoms with E-state index >= 15 is 0 Å². The van der Waals surface area contributed by atoms with Gasteiger partial charge in [-0.1, -0.05) is 26.2 Å². The topological polar surface area (TPSA) is 37.3 Å². The Bertz CT molecular complexity index is 206. The van der Waals surface area contributed by atoms with E-state index in [0.717, 1.165) is 24.0 Å². The standard InChI is InChI=1S/C13H24O2S/c1-11-6-5-7-12(10-11)16-9-4-2-3-8-13(14)15/h11-12H,2-10H2,1H3,(H,14,15). The third-order valence-electron chi connectivity index (χ3n) is 3.28. The fourth-order valence-electron chi connectivity index (χ4n) is 2.33. The van der Waals surface area contributed by atoms with Gasteiger partial charge in [0.25, 0.3) is 0 Å². The monoisotopic (exact) mass is 244 g/mol. The van der Waals surface area contributed by atoms with Crippen LogP contribution in [0.5, 0.6) is 0 Å². The third kappa shape index (κ3) is 6.41. The van der Waals surface area contributed by atoms with Gasteiger partial charge in [-0.05, 0) is 37.4 Å². The molecule has 1 aliphatic carbocycles.